The number of benzene rings is 3. The van der Waals surface area contributed by atoms with E-state index in [0.717, 1.165) is 4.80 Å². The molecule has 154 valence electrons. The number of halogens is 1. The first-order valence-corrected chi connectivity index (χ1v) is 9.38. The molecule has 0 saturated carbocycles. The molecule has 1 aromatic heterocycles. The van der Waals surface area contributed by atoms with Gasteiger partial charge in [-0.3, -0.25) is 9.59 Å². The van der Waals surface area contributed by atoms with Gasteiger partial charge in [-0.1, -0.05) is 42.5 Å². The van der Waals surface area contributed by atoms with Crippen LogP contribution in [-0.4, -0.2) is 32.0 Å². The number of carbonyl (C=O) groups excluding carboxylic acids is 2. The highest BCUT2D eigenvalue weighted by Gasteiger charge is 2.16. The Morgan fingerprint density at radius 1 is 0.871 bits per heavy atom. The van der Waals surface area contributed by atoms with E-state index in [1.54, 1.807) is 42.5 Å². The lowest BCUT2D eigenvalue weighted by Gasteiger charge is -2.09. The molecule has 4 rings (SSSR count). The average molecular weight is 416 g/mol. The lowest BCUT2D eigenvalue weighted by atomic mass is 10.1. The van der Waals surface area contributed by atoms with E-state index in [2.05, 4.69) is 26.0 Å². The summed E-state index contributed by atoms with van der Waals surface area (Å²) in [6.45, 7) is -0.133. The zero-order chi connectivity index (χ0) is 21.6. The van der Waals surface area contributed by atoms with Crippen LogP contribution < -0.4 is 10.6 Å². The number of nitrogens with one attached hydrogen (secondary N) is 2. The molecule has 0 bridgehead atoms. The van der Waals surface area contributed by atoms with Gasteiger partial charge >= 0.3 is 0 Å². The largest absolute Gasteiger partial charge is 0.324 e. The molecular weight excluding hydrogens is 399 g/mol. The Labute approximate surface area is 176 Å². The molecule has 9 heteroatoms. The third-order valence-electron chi connectivity index (χ3n) is 4.33. The van der Waals surface area contributed by atoms with Gasteiger partial charge in [0.1, 0.15) is 12.4 Å². The van der Waals surface area contributed by atoms with Gasteiger partial charge in [-0.05, 0) is 41.6 Å². The van der Waals surface area contributed by atoms with Crippen LogP contribution in [0.1, 0.15) is 10.4 Å². The quantitative estimate of drug-likeness (QED) is 0.502. The standard InChI is InChI=1S/C22H17FN6O2/c23-18-12-6-4-10-16(18)22(31)25-19-13-7-5-11-17(19)21-26-28-29(27-21)14-20(30)24-15-8-2-1-3-9-15/h1-13H,14H2,(H,24,30)(H,25,31). The third-order valence-corrected chi connectivity index (χ3v) is 4.33. The van der Waals surface area contributed by atoms with Crippen molar-refractivity contribution < 1.29 is 14.0 Å². The Kier molecular flexibility index (Phi) is 5.75. The Morgan fingerprint density at radius 3 is 2.39 bits per heavy atom. The van der Waals surface area contributed by atoms with Crippen LogP contribution >= 0.6 is 0 Å². The average Bonchev–Trinajstić information content (AvgIpc) is 3.23. The number of tetrazole rings is 1. The van der Waals surface area contributed by atoms with Crippen molar-refractivity contribution in [3.05, 3.63) is 90.2 Å². The van der Waals surface area contributed by atoms with E-state index in [0.29, 0.717) is 16.9 Å². The summed E-state index contributed by atoms with van der Waals surface area (Å²) in [6, 6.07) is 21.5. The minimum atomic E-state index is -0.619. The second-order valence-electron chi connectivity index (χ2n) is 6.54. The van der Waals surface area contributed by atoms with Gasteiger partial charge in [0.25, 0.3) is 5.91 Å². The molecule has 0 aliphatic rings. The molecule has 2 N–H and O–H groups in total. The zero-order valence-electron chi connectivity index (χ0n) is 16.2. The van der Waals surface area contributed by atoms with E-state index < -0.39 is 11.7 Å². The molecule has 3 aromatic carbocycles. The number of aromatic nitrogens is 4. The summed E-state index contributed by atoms with van der Waals surface area (Å²) in [5, 5.41) is 17.5. The topological polar surface area (TPSA) is 102 Å². The number of hydrogen-bond acceptors (Lipinski definition) is 5. The molecule has 31 heavy (non-hydrogen) atoms. The maximum atomic E-state index is 13.9. The summed E-state index contributed by atoms with van der Waals surface area (Å²) >= 11 is 0. The Balaban J connectivity index is 1.49. The van der Waals surface area contributed by atoms with Crippen molar-refractivity contribution in [2.75, 3.05) is 10.6 Å². The van der Waals surface area contributed by atoms with Gasteiger partial charge < -0.3 is 10.6 Å². The maximum absolute atomic E-state index is 13.9. The fourth-order valence-electron chi connectivity index (χ4n) is 2.89. The lowest BCUT2D eigenvalue weighted by Crippen LogP contribution is -2.20. The lowest BCUT2D eigenvalue weighted by molar-refractivity contribution is -0.117. The van der Waals surface area contributed by atoms with Crippen molar-refractivity contribution in [1.82, 2.24) is 20.2 Å². The number of hydrogen-bond donors (Lipinski definition) is 2. The Morgan fingerprint density at radius 2 is 1.58 bits per heavy atom. The molecule has 4 aromatic rings. The van der Waals surface area contributed by atoms with Gasteiger partial charge in [-0.15, -0.1) is 10.2 Å². The molecule has 0 unspecified atom stereocenters. The SMILES string of the molecule is O=C(Cn1nnc(-c2ccccc2NC(=O)c2ccccc2F)n1)Nc1ccccc1. The third kappa shape index (κ3) is 4.78. The van der Waals surface area contributed by atoms with Crippen LogP contribution in [0, 0.1) is 5.82 Å². The number of para-hydroxylation sites is 2. The zero-order valence-corrected chi connectivity index (χ0v) is 16.2. The molecule has 0 spiro atoms. The van der Waals surface area contributed by atoms with Crippen LogP contribution in [-0.2, 0) is 11.3 Å². The van der Waals surface area contributed by atoms with Gasteiger partial charge in [0.2, 0.25) is 11.7 Å². The molecular formula is C22H17FN6O2. The summed E-state index contributed by atoms with van der Waals surface area (Å²) < 4.78 is 13.9. The van der Waals surface area contributed by atoms with E-state index in [1.807, 2.05) is 18.2 Å². The van der Waals surface area contributed by atoms with E-state index in [1.165, 1.54) is 18.2 Å². The molecule has 2 amide bonds. The highest BCUT2D eigenvalue weighted by molar-refractivity contribution is 6.06. The van der Waals surface area contributed by atoms with Crippen molar-refractivity contribution in [2.45, 2.75) is 6.54 Å². The number of anilines is 2. The minimum Gasteiger partial charge on any atom is -0.324 e. The van der Waals surface area contributed by atoms with Crippen LogP contribution in [0.5, 0.6) is 0 Å². The van der Waals surface area contributed by atoms with Crippen molar-refractivity contribution in [3.8, 4) is 11.4 Å². The molecule has 0 aliphatic heterocycles. The van der Waals surface area contributed by atoms with Crippen molar-refractivity contribution in [3.63, 3.8) is 0 Å². The van der Waals surface area contributed by atoms with Gasteiger partial charge in [-0.25, -0.2) is 4.39 Å². The monoisotopic (exact) mass is 416 g/mol. The van der Waals surface area contributed by atoms with E-state index >= 15 is 0 Å². The number of rotatable bonds is 6. The maximum Gasteiger partial charge on any atom is 0.258 e. The molecule has 0 saturated heterocycles. The predicted molar refractivity (Wildman–Crippen MR) is 113 cm³/mol. The second-order valence-corrected chi connectivity index (χ2v) is 6.54. The summed E-state index contributed by atoms with van der Waals surface area (Å²) in [5.74, 6) is -1.31. The van der Waals surface area contributed by atoms with Crippen molar-refractivity contribution >= 4 is 23.2 Å². The first-order chi connectivity index (χ1) is 15.1. The van der Waals surface area contributed by atoms with E-state index in [9.17, 15) is 14.0 Å². The molecule has 0 fully saturated rings. The second kappa shape index (κ2) is 8.95. The van der Waals surface area contributed by atoms with Crippen molar-refractivity contribution in [1.29, 1.82) is 0 Å². The predicted octanol–water partition coefficient (Wildman–Crippen LogP) is 3.37. The molecule has 0 radical (unpaired) electrons. The van der Waals surface area contributed by atoms with Gasteiger partial charge in [0.15, 0.2) is 0 Å². The first kappa shape index (κ1) is 19.9. The van der Waals surface area contributed by atoms with Crippen molar-refractivity contribution in [2.24, 2.45) is 0 Å². The van der Waals surface area contributed by atoms with Gasteiger partial charge in [-0.2, -0.15) is 4.80 Å². The number of carbonyl (C=O) groups is 2. The van der Waals surface area contributed by atoms with Crippen LogP contribution in [0.3, 0.4) is 0 Å². The van der Waals surface area contributed by atoms with Gasteiger partial charge in [0, 0.05) is 11.3 Å². The van der Waals surface area contributed by atoms with E-state index in [4.69, 9.17) is 0 Å². The fourth-order valence-corrected chi connectivity index (χ4v) is 2.89. The molecule has 8 nitrogen and oxygen atoms in total. The normalized spacial score (nSPS) is 10.5. The minimum absolute atomic E-state index is 0.0773. The Hall–Kier alpha value is -4.40. The number of nitrogens with zero attached hydrogens (tertiary/aromatic N) is 4. The molecule has 0 atom stereocenters. The summed E-state index contributed by atoms with van der Waals surface area (Å²) in [4.78, 5) is 25.8. The fraction of sp³-hybridized carbons (Fsp3) is 0.0455. The molecule has 1 heterocycles. The molecule has 0 aliphatic carbocycles. The first-order valence-electron chi connectivity index (χ1n) is 9.38. The Bertz CT molecular complexity index is 1230. The van der Waals surface area contributed by atoms with E-state index in [-0.39, 0.29) is 23.8 Å². The van der Waals surface area contributed by atoms with Gasteiger partial charge in [0.05, 0.1) is 11.3 Å². The highest BCUT2D eigenvalue weighted by atomic mass is 19.1. The van der Waals surface area contributed by atoms with Crippen LogP contribution in [0.2, 0.25) is 0 Å². The van der Waals surface area contributed by atoms with Crippen LogP contribution in [0.4, 0.5) is 15.8 Å². The highest BCUT2D eigenvalue weighted by Crippen LogP contribution is 2.25. The van der Waals surface area contributed by atoms with Crippen LogP contribution in [0.15, 0.2) is 78.9 Å². The summed E-state index contributed by atoms with van der Waals surface area (Å²) in [6.07, 6.45) is 0. The number of amides is 2. The summed E-state index contributed by atoms with van der Waals surface area (Å²) in [7, 11) is 0. The summed E-state index contributed by atoms with van der Waals surface area (Å²) in [5.41, 5.74) is 1.46. The van der Waals surface area contributed by atoms with Crippen LogP contribution in [0.25, 0.3) is 11.4 Å². The smallest absolute Gasteiger partial charge is 0.258 e.